The van der Waals surface area contributed by atoms with Crippen molar-refractivity contribution in [2.45, 2.75) is 6.54 Å². The summed E-state index contributed by atoms with van der Waals surface area (Å²) in [6.07, 6.45) is 3.39. The number of nitrogens with zero attached hydrogens (tertiary/aromatic N) is 2. The number of hydrogen-bond donors (Lipinski definition) is 2. The molecule has 0 aliphatic heterocycles. The molecule has 14 heavy (non-hydrogen) atoms. The average Bonchev–Trinajstić information content (AvgIpc) is 2.51. The van der Waals surface area contributed by atoms with Gasteiger partial charge in [0.25, 0.3) is 0 Å². The number of nitrogens with one attached hydrogen (secondary N) is 2. The molecule has 0 aromatic carbocycles. The van der Waals surface area contributed by atoms with Crippen molar-refractivity contribution in [3.63, 3.8) is 0 Å². The Morgan fingerprint density at radius 3 is 2.93 bits per heavy atom. The second kappa shape index (κ2) is 3.59. The maximum atomic E-state index is 11.2. The van der Waals surface area contributed by atoms with Gasteiger partial charge in [-0.2, -0.15) is 0 Å². The molecule has 0 radical (unpaired) electrons. The lowest BCUT2D eigenvalue weighted by atomic mass is 10.3. The molecule has 0 saturated heterocycles. The molecule has 0 spiro atoms. The zero-order chi connectivity index (χ0) is 9.97. The van der Waals surface area contributed by atoms with Gasteiger partial charge < -0.3 is 0 Å². The molecule has 0 aliphatic carbocycles. The van der Waals surface area contributed by atoms with E-state index in [0.717, 1.165) is 5.56 Å². The highest BCUT2D eigenvalue weighted by Crippen LogP contribution is 1.97. The van der Waals surface area contributed by atoms with Crippen LogP contribution in [0.2, 0.25) is 0 Å². The normalized spacial score (nSPS) is 10.3. The standard InChI is InChI=1S/C8H8N4OS/c13-7-10-11-8(14)12(7)5-6-2-1-3-9-4-6/h1-4H,5H2,(H,10,13)(H,11,14). The lowest BCUT2D eigenvalue weighted by Crippen LogP contribution is -2.17. The number of hydrogen-bond acceptors (Lipinski definition) is 3. The fourth-order valence-corrected chi connectivity index (χ4v) is 1.35. The Bertz CT molecular complexity index is 497. The maximum absolute atomic E-state index is 11.2. The third-order valence-corrected chi connectivity index (χ3v) is 2.15. The summed E-state index contributed by atoms with van der Waals surface area (Å²) >= 11 is 4.93. The van der Waals surface area contributed by atoms with Gasteiger partial charge >= 0.3 is 5.69 Å². The van der Waals surface area contributed by atoms with Gasteiger partial charge in [0.15, 0.2) is 4.77 Å². The molecule has 6 heteroatoms. The Kier molecular flexibility index (Phi) is 2.28. The van der Waals surface area contributed by atoms with Crippen LogP contribution in [0.1, 0.15) is 5.56 Å². The maximum Gasteiger partial charge on any atom is 0.342 e. The first kappa shape index (κ1) is 8.89. The molecule has 0 aliphatic rings. The van der Waals surface area contributed by atoms with Crippen LogP contribution >= 0.6 is 12.2 Å². The third kappa shape index (κ3) is 1.64. The van der Waals surface area contributed by atoms with Gasteiger partial charge in [0.2, 0.25) is 0 Å². The molecule has 2 rings (SSSR count). The smallest absolute Gasteiger partial charge is 0.272 e. The highest BCUT2D eigenvalue weighted by molar-refractivity contribution is 7.71. The van der Waals surface area contributed by atoms with Crippen molar-refractivity contribution in [3.8, 4) is 0 Å². The first-order chi connectivity index (χ1) is 6.77. The molecule has 0 unspecified atom stereocenters. The summed E-state index contributed by atoms with van der Waals surface area (Å²) in [4.78, 5) is 15.2. The second-order valence-corrected chi connectivity index (χ2v) is 3.19. The summed E-state index contributed by atoms with van der Waals surface area (Å²) in [6.45, 7) is 0.436. The highest BCUT2D eigenvalue weighted by Gasteiger charge is 2.00. The van der Waals surface area contributed by atoms with Gasteiger partial charge in [-0.05, 0) is 23.8 Å². The van der Waals surface area contributed by atoms with E-state index >= 15 is 0 Å². The number of H-pyrrole nitrogens is 2. The fraction of sp³-hybridized carbons (Fsp3) is 0.125. The van der Waals surface area contributed by atoms with Crippen molar-refractivity contribution in [1.29, 1.82) is 0 Å². The van der Waals surface area contributed by atoms with Gasteiger partial charge in [0.05, 0.1) is 6.54 Å². The quantitative estimate of drug-likeness (QED) is 0.713. The van der Waals surface area contributed by atoms with Crippen LogP contribution in [0, 0.1) is 4.77 Å². The van der Waals surface area contributed by atoms with Crippen molar-refractivity contribution in [1.82, 2.24) is 19.7 Å². The molecule has 0 atom stereocenters. The highest BCUT2D eigenvalue weighted by atomic mass is 32.1. The molecule has 2 aromatic heterocycles. The van der Waals surface area contributed by atoms with Crippen molar-refractivity contribution in [3.05, 3.63) is 45.3 Å². The molecule has 72 valence electrons. The molecule has 0 saturated carbocycles. The monoisotopic (exact) mass is 208 g/mol. The lowest BCUT2D eigenvalue weighted by Gasteiger charge is -1.98. The zero-order valence-corrected chi connectivity index (χ0v) is 8.04. The summed E-state index contributed by atoms with van der Waals surface area (Å²) in [5, 5.41) is 4.99. The van der Waals surface area contributed by atoms with E-state index in [1.807, 2.05) is 12.1 Å². The van der Waals surface area contributed by atoms with Crippen LogP contribution in [0.5, 0.6) is 0 Å². The minimum atomic E-state index is -0.237. The van der Waals surface area contributed by atoms with E-state index in [2.05, 4.69) is 15.2 Å². The average molecular weight is 208 g/mol. The van der Waals surface area contributed by atoms with Gasteiger partial charge in [-0.3, -0.25) is 14.6 Å². The van der Waals surface area contributed by atoms with Crippen LogP contribution in [0.3, 0.4) is 0 Å². The second-order valence-electron chi connectivity index (χ2n) is 2.81. The molecule has 0 bridgehead atoms. The topological polar surface area (TPSA) is 66.5 Å². The first-order valence-corrected chi connectivity index (χ1v) is 4.44. The van der Waals surface area contributed by atoms with Crippen molar-refractivity contribution in [2.75, 3.05) is 0 Å². The Morgan fingerprint density at radius 1 is 1.50 bits per heavy atom. The minimum absolute atomic E-state index is 0.237. The molecule has 2 aromatic rings. The predicted molar refractivity (Wildman–Crippen MR) is 53.6 cm³/mol. The van der Waals surface area contributed by atoms with Crippen LogP contribution in [0.15, 0.2) is 29.3 Å². The van der Waals surface area contributed by atoms with Crippen LogP contribution in [-0.2, 0) is 6.54 Å². The lowest BCUT2D eigenvalue weighted by molar-refractivity contribution is 0.748. The predicted octanol–water partition coefficient (Wildman–Crippen LogP) is 0.677. The minimum Gasteiger partial charge on any atom is -0.272 e. The van der Waals surface area contributed by atoms with Crippen molar-refractivity contribution < 1.29 is 0 Å². The van der Waals surface area contributed by atoms with E-state index in [0.29, 0.717) is 11.3 Å². The molecule has 5 nitrogen and oxygen atoms in total. The van der Waals surface area contributed by atoms with E-state index in [1.165, 1.54) is 4.57 Å². The summed E-state index contributed by atoms with van der Waals surface area (Å²) in [6, 6.07) is 3.71. The van der Waals surface area contributed by atoms with E-state index < -0.39 is 0 Å². The number of rotatable bonds is 2. The summed E-state index contributed by atoms with van der Waals surface area (Å²) in [5.74, 6) is 0. The van der Waals surface area contributed by atoms with Gasteiger partial charge in [-0.15, -0.1) is 0 Å². The Morgan fingerprint density at radius 2 is 2.36 bits per heavy atom. The van der Waals surface area contributed by atoms with E-state index in [1.54, 1.807) is 12.4 Å². The number of aromatic amines is 2. The molecular weight excluding hydrogens is 200 g/mol. The van der Waals surface area contributed by atoms with Gasteiger partial charge in [0, 0.05) is 12.4 Å². The Hall–Kier alpha value is -1.69. The summed E-state index contributed by atoms with van der Waals surface area (Å²) in [5.41, 5.74) is 0.701. The third-order valence-electron chi connectivity index (χ3n) is 1.83. The Labute approximate surface area is 84.4 Å². The van der Waals surface area contributed by atoms with E-state index in [4.69, 9.17) is 12.2 Å². The fourth-order valence-electron chi connectivity index (χ4n) is 1.15. The van der Waals surface area contributed by atoms with Crippen LogP contribution in [-0.4, -0.2) is 19.7 Å². The largest absolute Gasteiger partial charge is 0.342 e. The Balaban J connectivity index is 2.37. The van der Waals surface area contributed by atoms with Crippen molar-refractivity contribution in [2.24, 2.45) is 0 Å². The first-order valence-electron chi connectivity index (χ1n) is 4.04. The van der Waals surface area contributed by atoms with Crippen LogP contribution in [0.25, 0.3) is 0 Å². The zero-order valence-electron chi connectivity index (χ0n) is 7.23. The van der Waals surface area contributed by atoms with E-state index in [-0.39, 0.29) is 5.69 Å². The molecular formula is C8H8N4OS. The summed E-state index contributed by atoms with van der Waals surface area (Å²) < 4.78 is 1.82. The molecule has 0 amide bonds. The number of aromatic nitrogens is 4. The SMILES string of the molecule is O=c1[nH][nH]c(=S)n1Cc1cccnc1. The summed E-state index contributed by atoms with van der Waals surface area (Å²) in [7, 11) is 0. The van der Waals surface area contributed by atoms with Gasteiger partial charge in [-0.1, -0.05) is 6.07 Å². The van der Waals surface area contributed by atoms with Crippen LogP contribution < -0.4 is 5.69 Å². The molecule has 2 heterocycles. The molecule has 2 N–H and O–H groups in total. The molecule has 0 fully saturated rings. The van der Waals surface area contributed by atoms with Gasteiger partial charge in [-0.25, -0.2) is 9.89 Å². The van der Waals surface area contributed by atoms with E-state index in [9.17, 15) is 4.79 Å². The van der Waals surface area contributed by atoms with Crippen LogP contribution in [0.4, 0.5) is 0 Å². The van der Waals surface area contributed by atoms with Gasteiger partial charge in [0.1, 0.15) is 0 Å². The number of pyridine rings is 1. The van der Waals surface area contributed by atoms with Crippen molar-refractivity contribution >= 4 is 12.2 Å².